The van der Waals surface area contributed by atoms with Crippen LogP contribution in [0.15, 0.2) is 66.7 Å². The average Bonchev–Trinajstić information content (AvgIpc) is 2.77. The number of carbonyl (C=O) groups is 1. The van der Waals surface area contributed by atoms with Crippen LogP contribution in [0, 0.1) is 11.3 Å². The second-order valence-electron chi connectivity index (χ2n) is 7.40. The van der Waals surface area contributed by atoms with Crippen LogP contribution in [0.4, 0.5) is 18.9 Å². The minimum absolute atomic E-state index is 0.136. The maximum atomic E-state index is 12.6. The second-order valence-corrected chi connectivity index (χ2v) is 7.81. The molecule has 170 valence electrons. The third kappa shape index (κ3) is 7.47. The van der Waals surface area contributed by atoms with Crippen LogP contribution in [0.5, 0.6) is 0 Å². The average molecular weight is 471 g/mol. The summed E-state index contributed by atoms with van der Waals surface area (Å²) in [6, 6.07) is 20.5. The number of hydrogen-bond acceptors (Lipinski definition) is 3. The maximum Gasteiger partial charge on any atom is 0.393 e. The Kier molecular flexibility index (Phi) is 7.85. The highest BCUT2D eigenvalue weighted by Gasteiger charge is 2.27. The largest absolute Gasteiger partial charge is 0.393 e. The van der Waals surface area contributed by atoms with Gasteiger partial charge in [-0.3, -0.25) is 4.79 Å². The Hall–Kier alpha value is -3.64. The third-order valence-corrected chi connectivity index (χ3v) is 5.05. The molecule has 3 aromatic carbocycles. The molecule has 5 nitrogen and oxygen atoms in total. The van der Waals surface area contributed by atoms with E-state index in [2.05, 4.69) is 16.0 Å². The molecule has 0 aromatic heterocycles. The summed E-state index contributed by atoms with van der Waals surface area (Å²) in [5.74, 6) is -0.394. The molecule has 0 spiro atoms. The fourth-order valence-electron chi connectivity index (χ4n) is 3.32. The molecule has 0 bridgehead atoms. The van der Waals surface area contributed by atoms with Crippen molar-refractivity contribution in [3.63, 3.8) is 0 Å². The molecule has 0 saturated carbocycles. The minimum atomic E-state index is -4.28. The number of fused-ring (bicyclic) bond motifs is 1. The fraction of sp³-hybridized carbons (Fsp3) is 0.208. The van der Waals surface area contributed by atoms with Gasteiger partial charge in [0.2, 0.25) is 5.91 Å². The van der Waals surface area contributed by atoms with Crippen molar-refractivity contribution < 1.29 is 18.0 Å². The zero-order chi connectivity index (χ0) is 23.8. The van der Waals surface area contributed by atoms with E-state index in [-0.39, 0.29) is 17.2 Å². The standard InChI is InChI=1S/C24H21F3N4OS/c25-24(26,27)15-16-6-9-20(10-7-16)30-23(33)31-21(22(32)29-12-11-28)14-17-5-8-18-3-1-2-4-19(18)13-17/h1-10,13,21H,12,14-15H2,(H,29,32)(H2,30,31,33). The van der Waals surface area contributed by atoms with Gasteiger partial charge in [-0.25, -0.2) is 0 Å². The molecular weight excluding hydrogens is 449 g/mol. The first-order valence-electron chi connectivity index (χ1n) is 10.1. The van der Waals surface area contributed by atoms with Gasteiger partial charge in [0.05, 0.1) is 12.5 Å². The molecule has 1 unspecified atom stereocenters. The number of halogens is 3. The Bertz CT molecular complexity index is 1170. The Morgan fingerprint density at radius 2 is 1.67 bits per heavy atom. The number of hydrogen-bond donors (Lipinski definition) is 3. The molecule has 33 heavy (non-hydrogen) atoms. The maximum absolute atomic E-state index is 12.6. The predicted octanol–water partition coefficient (Wildman–Crippen LogP) is 4.48. The summed E-state index contributed by atoms with van der Waals surface area (Å²) >= 11 is 5.31. The van der Waals surface area contributed by atoms with E-state index in [0.717, 1.165) is 16.3 Å². The molecule has 0 fully saturated rings. The first kappa shape index (κ1) is 24.0. The fourth-order valence-corrected chi connectivity index (χ4v) is 3.58. The van der Waals surface area contributed by atoms with E-state index in [4.69, 9.17) is 17.5 Å². The van der Waals surface area contributed by atoms with Crippen molar-refractivity contribution in [3.05, 3.63) is 77.9 Å². The summed E-state index contributed by atoms with van der Waals surface area (Å²) in [6.07, 6.45) is -4.98. The molecule has 1 amide bonds. The van der Waals surface area contributed by atoms with Crippen LogP contribution >= 0.6 is 12.2 Å². The number of anilines is 1. The highest BCUT2D eigenvalue weighted by Crippen LogP contribution is 2.22. The molecule has 0 heterocycles. The molecule has 0 saturated heterocycles. The summed E-state index contributed by atoms with van der Waals surface area (Å²) in [5.41, 5.74) is 1.52. The number of nitrogens with zero attached hydrogens (tertiary/aromatic N) is 1. The first-order valence-corrected chi connectivity index (χ1v) is 10.5. The Morgan fingerprint density at radius 1 is 1.00 bits per heavy atom. The van der Waals surface area contributed by atoms with Crippen molar-refractivity contribution in [2.75, 3.05) is 11.9 Å². The molecule has 0 aliphatic heterocycles. The van der Waals surface area contributed by atoms with E-state index in [1.165, 1.54) is 24.3 Å². The lowest BCUT2D eigenvalue weighted by molar-refractivity contribution is -0.127. The topological polar surface area (TPSA) is 77.0 Å². The highest BCUT2D eigenvalue weighted by molar-refractivity contribution is 7.80. The number of amides is 1. The van der Waals surface area contributed by atoms with Crippen molar-refractivity contribution in [2.45, 2.75) is 25.1 Å². The molecular formula is C24H21F3N4OS. The van der Waals surface area contributed by atoms with Gasteiger partial charge in [0.25, 0.3) is 0 Å². The van der Waals surface area contributed by atoms with E-state index in [0.29, 0.717) is 12.1 Å². The van der Waals surface area contributed by atoms with E-state index in [9.17, 15) is 18.0 Å². The number of benzene rings is 3. The van der Waals surface area contributed by atoms with Gasteiger partial charge in [-0.2, -0.15) is 18.4 Å². The van der Waals surface area contributed by atoms with Crippen LogP contribution in [0.2, 0.25) is 0 Å². The summed E-state index contributed by atoms with van der Waals surface area (Å²) in [7, 11) is 0. The van der Waals surface area contributed by atoms with E-state index in [1.807, 2.05) is 48.5 Å². The second kappa shape index (κ2) is 10.8. The molecule has 9 heteroatoms. The third-order valence-electron chi connectivity index (χ3n) is 4.83. The minimum Gasteiger partial charge on any atom is -0.350 e. The summed E-state index contributed by atoms with van der Waals surface area (Å²) in [4.78, 5) is 12.6. The van der Waals surface area contributed by atoms with Gasteiger partial charge < -0.3 is 16.0 Å². The predicted molar refractivity (Wildman–Crippen MR) is 126 cm³/mol. The molecule has 1 atom stereocenters. The smallest absolute Gasteiger partial charge is 0.350 e. The number of nitrogens with one attached hydrogen (secondary N) is 3. The Balaban J connectivity index is 1.69. The summed E-state index contributed by atoms with van der Waals surface area (Å²) < 4.78 is 37.6. The van der Waals surface area contributed by atoms with E-state index >= 15 is 0 Å². The van der Waals surface area contributed by atoms with Crippen molar-refractivity contribution in [1.82, 2.24) is 10.6 Å². The van der Waals surface area contributed by atoms with Crippen molar-refractivity contribution in [3.8, 4) is 6.07 Å². The van der Waals surface area contributed by atoms with Crippen LogP contribution < -0.4 is 16.0 Å². The van der Waals surface area contributed by atoms with Crippen LogP contribution in [-0.2, 0) is 17.6 Å². The normalized spacial score (nSPS) is 11.9. The van der Waals surface area contributed by atoms with Gasteiger partial charge in [-0.05, 0) is 46.2 Å². The Labute approximate surface area is 194 Å². The molecule has 3 N–H and O–H groups in total. The van der Waals surface area contributed by atoms with Gasteiger partial charge in [-0.15, -0.1) is 0 Å². The quantitative estimate of drug-likeness (QED) is 0.351. The van der Waals surface area contributed by atoms with Gasteiger partial charge in [0.1, 0.15) is 12.6 Å². The lowest BCUT2D eigenvalue weighted by atomic mass is 10.0. The highest BCUT2D eigenvalue weighted by atomic mass is 32.1. The molecule has 3 aromatic rings. The monoisotopic (exact) mass is 470 g/mol. The van der Waals surface area contributed by atoms with Crippen molar-refractivity contribution in [2.24, 2.45) is 0 Å². The lowest BCUT2D eigenvalue weighted by Crippen LogP contribution is -2.49. The summed E-state index contributed by atoms with van der Waals surface area (Å²) in [6.45, 7) is -0.143. The number of alkyl halides is 3. The van der Waals surface area contributed by atoms with E-state index < -0.39 is 24.5 Å². The zero-order valence-electron chi connectivity index (χ0n) is 17.4. The number of carbonyl (C=O) groups excluding carboxylic acids is 1. The number of nitriles is 1. The number of rotatable bonds is 7. The van der Waals surface area contributed by atoms with Crippen LogP contribution in [0.3, 0.4) is 0 Å². The van der Waals surface area contributed by atoms with Crippen LogP contribution in [-0.4, -0.2) is 29.8 Å². The molecule has 3 rings (SSSR count). The zero-order valence-corrected chi connectivity index (χ0v) is 18.3. The SMILES string of the molecule is N#CCNC(=O)C(Cc1ccc2ccccc2c1)NC(=S)Nc1ccc(CC(F)(F)F)cc1. The lowest BCUT2D eigenvalue weighted by Gasteiger charge is -2.20. The Morgan fingerprint density at radius 3 is 2.33 bits per heavy atom. The van der Waals surface area contributed by atoms with Gasteiger partial charge in [0, 0.05) is 12.1 Å². The number of thiocarbonyl (C=S) groups is 1. The molecule has 0 aliphatic rings. The van der Waals surface area contributed by atoms with Crippen molar-refractivity contribution in [1.29, 1.82) is 5.26 Å². The van der Waals surface area contributed by atoms with Crippen LogP contribution in [0.1, 0.15) is 11.1 Å². The van der Waals surface area contributed by atoms with Crippen molar-refractivity contribution >= 4 is 39.7 Å². The van der Waals surface area contributed by atoms with Gasteiger partial charge in [-0.1, -0.05) is 54.6 Å². The van der Waals surface area contributed by atoms with Gasteiger partial charge in [0.15, 0.2) is 5.11 Å². The van der Waals surface area contributed by atoms with Crippen LogP contribution in [0.25, 0.3) is 10.8 Å². The van der Waals surface area contributed by atoms with Gasteiger partial charge >= 0.3 is 6.18 Å². The molecule has 0 radical (unpaired) electrons. The first-order chi connectivity index (χ1) is 15.7. The van der Waals surface area contributed by atoms with E-state index in [1.54, 1.807) is 0 Å². The summed E-state index contributed by atoms with van der Waals surface area (Å²) in [5, 5.41) is 19.4. The molecule has 0 aliphatic carbocycles.